The number of carbonyl (C=O) groups is 2. The van der Waals surface area contributed by atoms with Crippen LogP contribution < -0.4 is 0 Å². The zero-order chi connectivity index (χ0) is 14.4. The van der Waals surface area contributed by atoms with E-state index in [0.29, 0.717) is 5.56 Å². The average Bonchev–Trinajstić information content (AvgIpc) is 2.33. The summed E-state index contributed by atoms with van der Waals surface area (Å²) >= 11 is 0. The third-order valence-corrected chi connectivity index (χ3v) is 2.32. The number of aromatic hydroxyl groups is 2. The van der Waals surface area contributed by atoms with Crippen LogP contribution in [-0.4, -0.2) is 34.9 Å². The Morgan fingerprint density at radius 1 is 1.26 bits per heavy atom. The quantitative estimate of drug-likeness (QED) is 0.614. The van der Waals surface area contributed by atoms with Gasteiger partial charge in [-0.25, -0.2) is 4.79 Å². The molecular formula is C13H16O6. The first-order valence-corrected chi connectivity index (χ1v) is 5.78. The summed E-state index contributed by atoms with van der Waals surface area (Å²) in [5.41, 5.74) is 0.537. The van der Waals surface area contributed by atoms with Gasteiger partial charge in [-0.3, -0.25) is 4.79 Å². The van der Waals surface area contributed by atoms with E-state index in [-0.39, 0.29) is 24.5 Å². The highest BCUT2D eigenvalue weighted by Crippen LogP contribution is 2.25. The summed E-state index contributed by atoms with van der Waals surface area (Å²) in [6, 6.07) is 4.11. The number of rotatable bonds is 5. The molecule has 0 bridgehead atoms. The van der Waals surface area contributed by atoms with Crippen LogP contribution in [0.1, 0.15) is 19.4 Å². The number of ether oxygens (including phenoxy) is 2. The van der Waals surface area contributed by atoms with Crippen molar-refractivity contribution < 1.29 is 29.3 Å². The van der Waals surface area contributed by atoms with Crippen molar-refractivity contribution in [2.45, 2.75) is 26.4 Å². The van der Waals surface area contributed by atoms with E-state index < -0.39 is 18.0 Å². The van der Waals surface area contributed by atoms with Gasteiger partial charge in [-0.15, -0.1) is 0 Å². The van der Waals surface area contributed by atoms with E-state index in [1.165, 1.54) is 25.1 Å². The molecule has 19 heavy (non-hydrogen) atoms. The van der Waals surface area contributed by atoms with Crippen molar-refractivity contribution in [3.8, 4) is 11.5 Å². The fraction of sp³-hybridized carbons (Fsp3) is 0.385. The summed E-state index contributed by atoms with van der Waals surface area (Å²) in [5.74, 6) is -1.81. The molecule has 0 saturated heterocycles. The van der Waals surface area contributed by atoms with E-state index in [1.54, 1.807) is 6.92 Å². The van der Waals surface area contributed by atoms with Gasteiger partial charge in [0, 0.05) is 13.3 Å². The van der Waals surface area contributed by atoms with Gasteiger partial charge in [-0.05, 0) is 24.6 Å². The Kier molecular flexibility index (Phi) is 5.17. The molecule has 104 valence electrons. The van der Waals surface area contributed by atoms with Gasteiger partial charge in [-0.1, -0.05) is 6.07 Å². The minimum Gasteiger partial charge on any atom is -0.504 e. The fourth-order valence-electron chi connectivity index (χ4n) is 1.52. The molecule has 0 unspecified atom stereocenters. The van der Waals surface area contributed by atoms with Crippen LogP contribution in [-0.2, 0) is 25.5 Å². The highest BCUT2D eigenvalue weighted by atomic mass is 16.6. The molecule has 6 nitrogen and oxygen atoms in total. The number of phenols is 2. The standard InChI is InChI=1S/C13H16O6/c1-3-18-13(17)12(19-8(2)14)7-9-4-5-10(15)11(16)6-9/h4-6,12,15-16H,3,7H2,1-2H3/t12-/m1/s1. The molecule has 0 heterocycles. The van der Waals surface area contributed by atoms with Crippen LogP contribution in [0.5, 0.6) is 11.5 Å². The van der Waals surface area contributed by atoms with E-state index in [1.807, 2.05) is 0 Å². The lowest BCUT2D eigenvalue weighted by Crippen LogP contribution is -2.30. The lowest BCUT2D eigenvalue weighted by molar-refractivity contribution is -0.166. The van der Waals surface area contributed by atoms with E-state index in [4.69, 9.17) is 9.47 Å². The molecule has 0 amide bonds. The summed E-state index contributed by atoms with van der Waals surface area (Å²) < 4.78 is 9.68. The highest BCUT2D eigenvalue weighted by molar-refractivity contribution is 5.79. The van der Waals surface area contributed by atoms with Gasteiger partial charge in [-0.2, -0.15) is 0 Å². The van der Waals surface area contributed by atoms with E-state index in [2.05, 4.69) is 0 Å². The van der Waals surface area contributed by atoms with Crippen molar-refractivity contribution in [1.82, 2.24) is 0 Å². The number of hydrogen-bond donors (Lipinski definition) is 2. The molecule has 0 radical (unpaired) electrons. The van der Waals surface area contributed by atoms with Gasteiger partial charge < -0.3 is 19.7 Å². The topological polar surface area (TPSA) is 93.1 Å². The van der Waals surface area contributed by atoms with E-state index >= 15 is 0 Å². The number of hydrogen-bond acceptors (Lipinski definition) is 6. The molecule has 0 spiro atoms. The summed E-state index contributed by atoms with van der Waals surface area (Å²) in [6.07, 6.45) is -1.01. The van der Waals surface area contributed by atoms with Crippen molar-refractivity contribution in [1.29, 1.82) is 0 Å². The minimum absolute atomic E-state index is 0.0618. The maximum atomic E-state index is 11.6. The molecule has 0 aliphatic heterocycles. The maximum absolute atomic E-state index is 11.6. The van der Waals surface area contributed by atoms with Crippen LogP contribution in [0.4, 0.5) is 0 Å². The Balaban J connectivity index is 2.83. The molecule has 1 aromatic carbocycles. The van der Waals surface area contributed by atoms with Crippen molar-refractivity contribution in [3.63, 3.8) is 0 Å². The van der Waals surface area contributed by atoms with Gasteiger partial charge in [0.05, 0.1) is 6.61 Å². The van der Waals surface area contributed by atoms with E-state index in [9.17, 15) is 19.8 Å². The predicted octanol–water partition coefficient (Wildman–Crippen LogP) is 1.14. The molecule has 1 aromatic rings. The average molecular weight is 268 g/mol. The lowest BCUT2D eigenvalue weighted by atomic mass is 10.1. The first kappa shape index (κ1) is 14.8. The molecule has 1 atom stereocenters. The number of benzene rings is 1. The van der Waals surface area contributed by atoms with Crippen LogP contribution in [0, 0.1) is 0 Å². The molecule has 0 aliphatic carbocycles. The lowest BCUT2D eigenvalue weighted by Gasteiger charge is -2.15. The molecule has 0 aromatic heterocycles. The summed E-state index contributed by atoms with van der Waals surface area (Å²) in [5, 5.41) is 18.6. The molecule has 0 fully saturated rings. The summed E-state index contributed by atoms with van der Waals surface area (Å²) in [7, 11) is 0. The van der Waals surface area contributed by atoms with Crippen LogP contribution in [0.2, 0.25) is 0 Å². The smallest absolute Gasteiger partial charge is 0.347 e. The molecule has 2 N–H and O–H groups in total. The largest absolute Gasteiger partial charge is 0.504 e. The Bertz CT molecular complexity index is 468. The van der Waals surface area contributed by atoms with Crippen molar-refractivity contribution in [3.05, 3.63) is 23.8 Å². The van der Waals surface area contributed by atoms with Crippen LogP contribution in [0.15, 0.2) is 18.2 Å². The first-order valence-electron chi connectivity index (χ1n) is 5.78. The predicted molar refractivity (Wildman–Crippen MR) is 65.7 cm³/mol. The Morgan fingerprint density at radius 2 is 1.95 bits per heavy atom. The molecular weight excluding hydrogens is 252 g/mol. The number of carbonyl (C=O) groups excluding carboxylic acids is 2. The highest BCUT2D eigenvalue weighted by Gasteiger charge is 2.23. The zero-order valence-electron chi connectivity index (χ0n) is 10.8. The third kappa shape index (κ3) is 4.50. The van der Waals surface area contributed by atoms with E-state index in [0.717, 1.165) is 0 Å². The van der Waals surface area contributed by atoms with Crippen LogP contribution >= 0.6 is 0 Å². The van der Waals surface area contributed by atoms with Crippen LogP contribution in [0.3, 0.4) is 0 Å². The number of esters is 2. The second-order valence-electron chi connectivity index (χ2n) is 3.88. The molecule has 0 aliphatic rings. The van der Waals surface area contributed by atoms with Crippen molar-refractivity contribution in [2.24, 2.45) is 0 Å². The molecule has 6 heteroatoms. The van der Waals surface area contributed by atoms with Gasteiger partial charge in [0.2, 0.25) is 6.10 Å². The van der Waals surface area contributed by atoms with Gasteiger partial charge >= 0.3 is 11.9 Å². The van der Waals surface area contributed by atoms with Gasteiger partial charge in [0.25, 0.3) is 0 Å². The Morgan fingerprint density at radius 3 is 2.47 bits per heavy atom. The molecule has 0 saturated carbocycles. The SMILES string of the molecule is CCOC(=O)[C@@H](Cc1ccc(O)c(O)c1)OC(C)=O. The van der Waals surface area contributed by atoms with Crippen molar-refractivity contribution in [2.75, 3.05) is 6.61 Å². The minimum atomic E-state index is -1.07. The van der Waals surface area contributed by atoms with Crippen LogP contribution in [0.25, 0.3) is 0 Å². The monoisotopic (exact) mass is 268 g/mol. The summed E-state index contributed by atoms with van der Waals surface area (Å²) in [6.45, 7) is 3.02. The normalized spacial score (nSPS) is 11.7. The second-order valence-corrected chi connectivity index (χ2v) is 3.88. The van der Waals surface area contributed by atoms with Gasteiger partial charge in [0.15, 0.2) is 11.5 Å². The summed E-state index contributed by atoms with van der Waals surface area (Å²) in [4.78, 5) is 22.6. The second kappa shape index (κ2) is 6.63. The fourth-order valence-corrected chi connectivity index (χ4v) is 1.52. The third-order valence-electron chi connectivity index (χ3n) is 2.32. The first-order chi connectivity index (χ1) is 8.93. The Labute approximate surface area is 110 Å². The van der Waals surface area contributed by atoms with Crippen molar-refractivity contribution >= 4 is 11.9 Å². The maximum Gasteiger partial charge on any atom is 0.347 e. The molecule has 1 rings (SSSR count). The number of phenolic OH excluding ortho intramolecular Hbond substituents is 2. The van der Waals surface area contributed by atoms with Gasteiger partial charge in [0.1, 0.15) is 0 Å². The Hall–Kier alpha value is -2.24. The zero-order valence-corrected chi connectivity index (χ0v) is 10.8.